The minimum absolute atomic E-state index is 0. The number of nitrogens with zero attached hydrogens (tertiary/aromatic N) is 6. The van der Waals surface area contributed by atoms with E-state index in [4.69, 9.17) is 10.2 Å². The van der Waals surface area contributed by atoms with Crippen molar-refractivity contribution in [2.24, 2.45) is 0 Å². The van der Waals surface area contributed by atoms with Crippen molar-refractivity contribution in [3.63, 3.8) is 0 Å². The number of aryl methyl sites for hydroxylation is 2. The van der Waals surface area contributed by atoms with Gasteiger partial charge in [0.25, 0.3) is 10.2 Å². The number of para-hydroxylation sites is 2. The molecule has 0 saturated heterocycles. The third-order valence-corrected chi connectivity index (χ3v) is 15.2. The van der Waals surface area contributed by atoms with Gasteiger partial charge in [-0.1, -0.05) is 160 Å². The first kappa shape index (κ1) is 68.3. The Labute approximate surface area is 495 Å². The molecule has 22 heteroatoms. The number of rotatable bonds is 14. The predicted octanol–water partition coefficient (Wildman–Crippen LogP) is 19.6. The van der Waals surface area contributed by atoms with Gasteiger partial charge >= 0.3 is 10.2 Å². The zero-order chi connectivity index (χ0) is 58.9. The van der Waals surface area contributed by atoms with Crippen LogP contribution in [-0.4, -0.2) is 51.9 Å². The monoisotopic (exact) mass is 1530 g/mol. The molecule has 0 spiro atoms. The van der Waals surface area contributed by atoms with Gasteiger partial charge in [0.2, 0.25) is 0 Å². The second kappa shape index (κ2) is 24.2. The maximum atomic E-state index is 13.3. The third-order valence-electron chi connectivity index (χ3n) is 12.9. The zero-order valence-electron chi connectivity index (χ0n) is 46.6. The summed E-state index contributed by atoms with van der Waals surface area (Å²) in [7, 11) is -19.6. The van der Waals surface area contributed by atoms with Crippen LogP contribution in [0.2, 0.25) is 0 Å². The van der Waals surface area contributed by atoms with Crippen LogP contribution in [-0.2, 0) is 40.2 Å². The topological polar surface area (TPSA) is 102 Å². The van der Waals surface area contributed by atoms with Gasteiger partial charge < -0.3 is 14.8 Å². The van der Waals surface area contributed by atoms with Crippen LogP contribution in [0.5, 0.6) is 0 Å². The maximum absolute atomic E-state index is 13.3. The molecule has 0 amide bonds. The van der Waals surface area contributed by atoms with Crippen molar-refractivity contribution in [3.05, 3.63) is 167 Å². The normalized spacial score (nSPS) is 14.3. The second-order valence-corrected chi connectivity index (χ2v) is 25.8. The van der Waals surface area contributed by atoms with E-state index >= 15 is 0 Å². The molecule has 8 nitrogen and oxygen atoms in total. The fourth-order valence-corrected chi connectivity index (χ4v) is 10.3. The molecule has 0 aliphatic carbocycles. The molecule has 81 heavy (non-hydrogen) atoms. The summed E-state index contributed by atoms with van der Waals surface area (Å²) in [6.07, 6.45) is -0.278. The summed E-state index contributed by atoms with van der Waals surface area (Å²) in [5, 5.41) is 34.7. The molecule has 8 rings (SSSR count). The Balaban J connectivity index is 0.000000305. The molecule has 0 aliphatic heterocycles. The van der Waals surface area contributed by atoms with Crippen LogP contribution in [0.3, 0.4) is 0 Å². The molecule has 446 valence electrons. The summed E-state index contributed by atoms with van der Waals surface area (Å²) >= 11 is 0. The number of aromatic nitrogens is 6. The van der Waals surface area contributed by atoms with Crippen molar-refractivity contribution in [2.75, 3.05) is 0 Å². The number of halogens is 10. The molecule has 2 atom stereocenters. The van der Waals surface area contributed by atoms with E-state index in [2.05, 4.69) is 81.9 Å². The minimum Gasteiger partial charge on any atom is -0.393 e. The summed E-state index contributed by atoms with van der Waals surface area (Å²) in [5.74, 6) is 1.98. The van der Waals surface area contributed by atoms with E-state index in [1.54, 1.807) is 13.8 Å². The fourth-order valence-electron chi connectivity index (χ4n) is 9.03. The molecule has 2 N–H and O–H groups in total. The van der Waals surface area contributed by atoms with Crippen molar-refractivity contribution in [1.29, 1.82) is 0 Å². The van der Waals surface area contributed by atoms with Gasteiger partial charge in [0.1, 0.15) is 4.90 Å². The number of aliphatic hydroxyl groups is 2. The fraction of sp³-hybridized carbons (Fsp3) is 0.322. The molecular weight excluding hydrogens is 1460 g/mol. The van der Waals surface area contributed by atoms with Gasteiger partial charge in [-0.25, -0.2) is 0 Å². The van der Waals surface area contributed by atoms with Crippen LogP contribution in [0.25, 0.3) is 56.9 Å². The van der Waals surface area contributed by atoms with Gasteiger partial charge in [0, 0.05) is 67.5 Å². The summed E-state index contributed by atoms with van der Waals surface area (Å²) in [5.41, 5.74) is 9.57. The van der Waals surface area contributed by atoms with Gasteiger partial charge in [-0.05, 0) is 115 Å². The smallest absolute Gasteiger partial charge is 0.310 e. The molecular formula is C59H67F10Ir2N6O2S2-. The Bertz CT molecular complexity index is 3170. The number of benzene rings is 6. The second-order valence-electron chi connectivity index (χ2n) is 21.0. The Kier molecular flexibility index (Phi) is 20.4. The molecule has 2 radical (unpaired) electrons. The van der Waals surface area contributed by atoms with E-state index in [1.807, 2.05) is 108 Å². The number of aliphatic hydroxyl groups excluding tert-OH is 2. The van der Waals surface area contributed by atoms with E-state index in [1.165, 1.54) is 0 Å². The first-order valence-corrected chi connectivity index (χ1v) is 29.5. The quantitative estimate of drug-likeness (QED) is 0.0831. The van der Waals surface area contributed by atoms with Crippen molar-refractivity contribution >= 4 is 20.4 Å². The van der Waals surface area contributed by atoms with E-state index < -0.39 is 30.2 Å². The third kappa shape index (κ3) is 16.6. The van der Waals surface area contributed by atoms with Gasteiger partial charge in [-0.15, -0.1) is 64.6 Å². The van der Waals surface area contributed by atoms with Gasteiger partial charge in [0.15, 0.2) is 17.5 Å². The first-order valence-electron chi connectivity index (χ1n) is 25.6. The number of hydrogen-bond acceptors (Lipinski definition) is 6. The zero-order valence-corrected chi connectivity index (χ0v) is 53.1. The Morgan fingerprint density at radius 1 is 0.420 bits per heavy atom. The number of hydrogen-bond donors (Lipinski definition) is 2. The van der Waals surface area contributed by atoms with Crippen LogP contribution in [0, 0.1) is 19.9 Å². The van der Waals surface area contributed by atoms with Crippen molar-refractivity contribution in [2.45, 2.75) is 135 Å². The van der Waals surface area contributed by atoms with Gasteiger partial charge in [-0.3, -0.25) is 4.57 Å². The van der Waals surface area contributed by atoms with Crippen LogP contribution in [0.15, 0.2) is 137 Å². The van der Waals surface area contributed by atoms with Gasteiger partial charge in [0.05, 0.1) is 23.7 Å². The van der Waals surface area contributed by atoms with Crippen LogP contribution >= 0.6 is 20.4 Å². The van der Waals surface area contributed by atoms with E-state index in [9.17, 15) is 38.9 Å². The molecule has 6 aromatic carbocycles. The Hall–Kier alpha value is -5.18. The largest absolute Gasteiger partial charge is 0.393 e. The summed E-state index contributed by atoms with van der Waals surface area (Å²) in [4.78, 5) is -3.93. The summed E-state index contributed by atoms with van der Waals surface area (Å²) in [6, 6.07) is 34.1. The molecule has 2 aromatic heterocycles. The summed E-state index contributed by atoms with van der Waals surface area (Å²) in [6.45, 7) is 23.6. The van der Waals surface area contributed by atoms with Crippen LogP contribution < -0.4 is 0 Å². The standard InChI is InChI=1S/C27H28F5N3S.C27H27F5N3S.C5H12O2.2Ir/c2*1-17(2)22-11-8-12-23(18(3)4)25(22)35-26(33-34-27(35)24-10-7-6-9-19(24)5)20-13-15-21(16-14-20)36(28,29,30,31)32;1-4(6)3-5(2)7;;/h6-18H,1-5H3;6-13,15-18H,1-5H3;4-7H,3H2,1-2H3;;/q;-1;;;. The SMILES string of the molecule is CC(O)CC(C)O.Cc1ccccc1-c1nnc(-c2[c-]cc(S(F)(F)(F)(F)F)cc2)n1-c1c(C(C)C)cccc1C(C)C.Cc1ccccc1-c1nnc(-c2ccc(S(F)(F)(F)(F)F)cc2)n1-c1c(C(C)C)cccc1C(C)C.[Ir].[Ir]. The van der Waals surface area contributed by atoms with Crippen LogP contribution in [0.1, 0.15) is 133 Å². The van der Waals surface area contributed by atoms with E-state index in [0.29, 0.717) is 42.3 Å². The minimum atomic E-state index is -9.83. The molecule has 0 bridgehead atoms. The molecule has 0 fully saturated rings. The van der Waals surface area contributed by atoms with Crippen molar-refractivity contribution in [3.8, 4) is 56.9 Å². The van der Waals surface area contributed by atoms with Crippen molar-refractivity contribution < 1.29 is 89.3 Å². The van der Waals surface area contributed by atoms with E-state index in [-0.39, 0.29) is 98.9 Å². The Morgan fingerprint density at radius 2 is 0.753 bits per heavy atom. The average Bonchev–Trinajstić information content (AvgIpc) is 3.98. The maximum Gasteiger partial charge on any atom is 0.310 e. The van der Waals surface area contributed by atoms with Gasteiger partial charge in [-0.2, -0.15) is 5.10 Å². The average molecular weight is 1530 g/mol. The molecule has 2 heterocycles. The molecule has 8 aromatic rings. The van der Waals surface area contributed by atoms with Crippen molar-refractivity contribution in [1.82, 2.24) is 29.5 Å². The van der Waals surface area contributed by atoms with Crippen LogP contribution in [0.4, 0.5) is 38.9 Å². The molecule has 0 aliphatic rings. The first-order chi connectivity index (χ1) is 36.3. The summed E-state index contributed by atoms with van der Waals surface area (Å²) < 4.78 is 137. The Morgan fingerprint density at radius 3 is 1.06 bits per heavy atom. The molecule has 0 saturated carbocycles. The van der Waals surface area contributed by atoms with E-state index in [0.717, 1.165) is 74.1 Å². The molecule has 2 unspecified atom stereocenters. The predicted molar refractivity (Wildman–Crippen MR) is 300 cm³/mol.